The normalized spacial score (nSPS) is 12.2. The molecule has 1 aromatic heterocycles. The Kier molecular flexibility index (Phi) is 3.60. The fraction of sp³-hybridized carbons (Fsp3) is 0.118. The molecule has 1 atom stereocenters. The van der Waals surface area contributed by atoms with Crippen LogP contribution in [0.2, 0.25) is 0 Å². The number of carbonyl (C=O) groups is 1. The second-order valence-electron chi connectivity index (χ2n) is 4.90. The van der Waals surface area contributed by atoms with E-state index in [0.29, 0.717) is 6.42 Å². The number of fused-ring (bicyclic) bond motifs is 1. The third-order valence-electron chi connectivity index (χ3n) is 3.51. The quantitative estimate of drug-likeness (QED) is 0.767. The Morgan fingerprint density at radius 2 is 1.81 bits per heavy atom. The van der Waals surface area contributed by atoms with Gasteiger partial charge in [-0.2, -0.15) is 0 Å². The highest BCUT2D eigenvalue weighted by Crippen LogP contribution is 2.26. The van der Waals surface area contributed by atoms with Gasteiger partial charge in [-0.3, -0.25) is 0 Å². The van der Waals surface area contributed by atoms with E-state index in [0.717, 1.165) is 22.0 Å². The number of carbonyl (C=O) groups excluding carboxylic acids is 1. The lowest BCUT2D eigenvalue weighted by atomic mass is 10.0. The van der Waals surface area contributed by atoms with Gasteiger partial charge in [-0.1, -0.05) is 48.5 Å². The Morgan fingerprint density at radius 1 is 1.10 bits per heavy atom. The summed E-state index contributed by atoms with van der Waals surface area (Å²) in [5.41, 5.74) is 8.30. The Hall–Kier alpha value is -2.75. The van der Waals surface area contributed by atoms with Crippen LogP contribution in [0.4, 0.5) is 4.79 Å². The van der Waals surface area contributed by atoms with Crippen LogP contribution in [0.3, 0.4) is 0 Å². The number of aromatic amines is 1. The predicted molar refractivity (Wildman–Crippen MR) is 81.9 cm³/mol. The first-order valence-corrected chi connectivity index (χ1v) is 6.80. The lowest BCUT2D eigenvalue weighted by Crippen LogP contribution is -2.18. The number of nitrogens with two attached hydrogens (primary N) is 1. The van der Waals surface area contributed by atoms with Crippen molar-refractivity contribution in [3.8, 4) is 0 Å². The second kappa shape index (κ2) is 5.71. The molecular formula is C17H16N2O2. The molecule has 0 saturated carbocycles. The minimum atomic E-state index is -0.760. The van der Waals surface area contributed by atoms with Gasteiger partial charge in [0.15, 0.2) is 0 Å². The molecule has 0 aliphatic rings. The lowest BCUT2D eigenvalue weighted by molar-refractivity contribution is 0.107. The molecule has 0 aliphatic heterocycles. The monoisotopic (exact) mass is 280 g/mol. The van der Waals surface area contributed by atoms with Crippen LogP contribution in [0, 0.1) is 0 Å². The number of hydrogen-bond donors (Lipinski definition) is 2. The lowest BCUT2D eigenvalue weighted by Gasteiger charge is -2.16. The average molecular weight is 280 g/mol. The van der Waals surface area contributed by atoms with E-state index in [-0.39, 0.29) is 6.10 Å². The first-order valence-electron chi connectivity index (χ1n) is 6.80. The van der Waals surface area contributed by atoms with Gasteiger partial charge in [0.2, 0.25) is 0 Å². The van der Waals surface area contributed by atoms with Crippen LogP contribution in [0.5, 0.6) is 0 Å². The van der Waals surface area contributed by atoms with Crippen molar-refractivity contribution in [2.24, 2.45) is 5.73 Å². The van der Waals surface area contributed by atoms with Crippen LogP contribution in [-0.4, -0.2) is 11.1 Å². The third kappa shape index (κ3) is 2.89. The fourth-order valence-electron chi connectivity index (χ4n) is 2.54. The van der Waals surface area contributed by atoms with E-state index in [2.05, 4.69) is 4.98 Å². The summed E-state index contributed by atoms with van der Waals surface area (Å²) in [5, 5.41) is 1.13. The molecule has 106 valence electrons. The Bertz CT molecular complexity index is 750. The van der Waals surface area contributed by atoms with E-state index in [1.165, 1.54) is 0 Å². The molecule has 4 heteroatoms. The molecule has 3 N–H and O–H groups in total. The molecule has 1 unspecified atom stereocenters. The van der Waals surface area contributed by atoms with E-state index in [9.17, 15) is 4.79 Å². The smallest absolute Gasteiger partial charge is 0.405 e. The number of ether oxygens (including phenoxy) is 1. The average Bonchev–Trinajstić information content (AvgIpc) is 2.90. The van der Waals surface area contributed by atoms with Crippen LogP contribution in [0.25, 0.3) is 10.9 Å². The highest BCUT2D eigenvalue weighted by Gasteiger charge is 2.17. The summed E-state index contributed by atoms with van der Waals surface area (Å²) < 4.78 is 5.28. The van der Waals surface area contributed by atoms with Gasteiger partial charge in [0.1, 0.15) is 6.10 Å². The zero-order valence-corrected chi connectivity index (χ0v) is 11.5. The molecule has 0 spiro atoms. The largest absolute Gasteiger partial charge is 0.441 e. The summed E-state index contributed by atoms with van der Waals surface area (Å²) in [4.78, 5) is 14.4. The van der Waals surface area contributed by atoms with E-state index in [1.807, 2.05) is 60.8 Å². The minimum Gasteiger partial charge on any atom is -0.441 e. The maximum absolute atomic E-state index is 11.2. The van der Waals surface area contributed by atoms with E-state index < -0.39 is 6.09 Å². The number of amides is 1. The maximum atomic E-state index is 11.2. The van der Waals surface area contributed by atoms with Gasteiger partial charge in [0.05, 0.1) is 0 Å². The summed E-state index contributed by atoms with van der Waals surface area (Å²) >= 11 is 0. The molecule has 0 radical (unpaired) electrons. The van der Waals surface area contributed by atoms with Gasteiger partial charge in [-0.15, -0.1) is 0 Å². The number of rotatable bonds is 4. The van der Waals surface area contributed by atoms with Gasteiger partial charge in [0, 0.05) is 23.5 Å². The summed E-state index contributed by atoms with van der Waals surface area (Å²) in [7, 11) is 0. The highest BCUT2D eigenvalue weighted by atomic mass is 16.6. The number of aromatic nitrogens is 1. The van der Waals surface area contributed by atoms with Gasteiger partial charge >= 0.3 is 6.09 Å². The van der Waals surface area contributed by atoms with E-state index in [4.69, 9.17) is 10.5 Å². The molecule has 0 saturated heterocycles. The molecule has 3 rings (SSSR count). The van der Waals surface area contributed by atoms with Gasteiger partial charge < -0.3 is 15.5 Å². The maximum Gasteiger partial charge on any atom is 0.405 e. The van der Waals surface area contributed by atoms with Crippen LogP contribution in [0.15, 0.2) is 60.8 Å². The molecule has 0 fully saturated rings. The molecule has 0 aliphatic carbocycles. The van der Waals surface area contributed by atoms with Gasteiger partial charge in [-0.05, 0) is 17.2 Å². The number of para-hydroxylation sites is 1. The Labute approximate surface area is 122 Å². The molecule has 1 amide bonds. The zero-order chi connectivity index (χ0) is 14.7. The molecule has 1 heterocycles. The van der Waals surface area contributed by atoms with Crippen molar-refractivity contribution in [2.45, 2.75) is 12.5 Å². The third-order valence-corrected chi connectivity index (χ3v) is 3.51. The number of H-pyrrole nitrogens is 1. The molecule has 4 nitrogen and oxygen atoms in total. The van der Waals surface area contributed by atoms with Crippen molar-refractivity contribution in [1.82, 2.24) is 4.98 Å². The fourth-order valence-corrected chi connectivity index (χ4v) is 2.54. The van der Waals surface area contributed by atoms with Crippen molar-refractivity contribution >= 4 is 17.0 Å². The van der Waals surface area contributed by atoms with Crippen molar-refractivity contribution in [3.05, 3.63) is 71.9 Å². The van der Waals surface area contributed by atoms with Crippen LogP contribution in [-0.2, 0) is 11.2 Å². The SMILES string of the molecule is NC(=O)OC(Cc1c[nH]c2ccccc12)c1ccccc1. The molecule has 3 aromatic rings. The van der Waals surface area contributed by atoms with Crippen molar-refractivity contribution in [2.75, 3.05) is 0 Å². The minimum absolute atomic E-state index is 0.386. The summed E-state index contributed by atoms with van der Waals surface area (Å²) in [5.74, 6) is 0. The van der Waals surface area contributed by atoms with Crippen LogP contribution < -0.4 is 5.73 Å². The zero-order valence-electron chi connectivity index (χ0n) is 11.5. The Morgan fingerprint density at radius 3 is 2.57 bits per heavy atom. The van der Waals surface area contributed by atoms with Crippen molar-refractivity contribution in [1.29, 1.82) is 0 Å². The van der Waals surface area contributed by atoms with Crippen LogP contribution in [0.1, 0.15) is 17.2 Å². The highest BCUT2D eigenvalue weighted by molar-refractivity contribution is 5.83. The summed E-state index contributed by atoms with van der Waals surface area (Å²) in [6.45, 7) is 0. The first kappa shape index (κ1) is 13.2. The summed E-state index contributed by atoms with van der Waals surface area (Å²) in [6, 6.07) is 17.7. The first-order chi connectivity index (χ1) is 10.2. The van der Waals surface area contributed by atoms with Crippen molar-refractivity contribution < 1.29 is 9.53 Å². The number of primary amides is 1. The number of hydrogen-bond acceptors (Lipinski definition) is 2. The molecule has 21 heavy (non-hydrogen) atoms. The topological polar surface area (TPSA) is 68.1 Å². The Balaban J connectivity index is 1.93. The van der Waals surface area contributed by atoms with E-state index in [1.54, 1.807) is 0 Å². The predicted octanol–water partition coefficient (Wildman–Crippen LogP) is 3.55. The number of nitrogens with one attached hydrogen (secondary N) is 1. The van der Waals surface area contributed by atoms with Crippen LogP contribution >= 0.6 is 0 Å². The van der Waals surface area contributed by atoms with E-state index >= 15 is 0 Å². The second-order valence-corrected chi connectivity index (χ2v) is 4.90. The molecular weight excluding hydrogens is 264 g/mol. The standard InChI is InChI=1S/C17H16N2O2/c18-17(20)21-16(12-6-2-1-3-7-12)10-13-11-19-15-9-5-4-8-14(13)15/h1-9,11,16,19H,10H2,(H2,18,20). The number of benzene rings is 2. The van der Waals surface area contributed by atoms with Gasteiger partial charge in [0.25, 0.3) is 0 Å². The summed E-state index contributed by atoms with van der Waals surface area (Å²) in [6.07, 6.45) is 1.38. The molecule has 0 bridgehead atoms. The van der Waals surface area contributed by atoms with Gasteiger partial charge in [-0.25, -0.2) is 4.79 Å². The molecule has 2 aromatic carbocycles. The van der Waals surface area contributed by atoms with Crippen molar-refractivity contribution in [3.63, 3.8) is 0 Å².